The van der Waals surface area contributed by atoms with Crippen molar-refractivity contribution in [1.29, 1.82) is 0 Å². The fourth-order valence-electron chi connectivity index (χ4n) is 2.94. The maximum Gasteiger partial charge on any atom is 0.255 e. The fraction of sp³-hybridized carbons (Fsp3) is 0.579. The molecular weight excluding hydrogens is 350 g/mol. The molecule has 0 aliphatic carbocycles. The predicted molar refractivity (Wildman–Crippen MR) is 101 cm³/mol. The molecule has 2 amide bonds. The Morgan fingerprint density at radius 1 is 1.30 bits per heavy atom. The average molecular weight is 379 g/mol. The van der Waals surface area contributed by atoms with Crippen molar-refractivity contribution < 1.29 is 23.8 Å². The summed E-state index contributed by atoms with van der Waals surface area (Å²) >= 11 is 0. The summed E-state index contributed by atoms with van der Waals surface area (Å²) in [6.45, 7) is 3.72. The van der Waals surface area contributed by atoms with Crippen LogP contribution in [0.4, 0.5) is 0 Å². The molecule has 150 valence electrons. The molecule has 8 nitrogen and oxygen atoms in total. The number of ether oxygens (including phenoxy) is 3. The highest BCUT2D eigenvalue weighted by Crippen LogP contribution is 2.28. The molecule has 1 aliphatic heterocycles. The van der Waals surface area contributed by atoms with E-state index in [0.717, 1.165) is 0 Å². The molecule has 0 radical (unpaired) electrons. The highest BCUT2D eigenvalue weighted by atomic mass is 16.5. The van der Waals surface area contributed by atoms with Crippen molar-refractivity contribution in [2.75, 3.05) is 40.5 Å². The summed E-state index contributed by atoms with van der Waals surface area (Å²) < 4.78 is 16.3. The number of amides is 2. The maximum atomic E-state index is 12.4. The lowest BCUT2D eigenvalue weighted by molar-refractivity contribution is -0.133. The third-order valence-corrected chi connectivity index (χ3v) is 4.46. The van der Waals surface area contributed by atoms with Crippen LogP contribution in [0.15, 0.2) is 18.2 Å². The number of methoxy groups -OCH3 is 2. The Bertz CT molecular complexity index is 642. The minimum atomic E-state index is -0.497. The van der Waals surface area contributed by atoms with Crippen LogP contribution in [-0.4, -0.2) is 69.3 Å². The quantitative estimate of drug-likeness (QED) is 0.648. The van der Waals surface area contributed by atoms with E-state index in [4.69, 9.17) is 19.9 Å². The third kappa shape index (κ3) is 5.83. The molecule has 1 aliphatic rings. The van der Waals surface area contributed by atoms with E-state index < -0.39 is 6.04 Å². The van der Waals surface area contributed by atoms with Crippen molar-refractivity contribution in [3.63, 3.8) is 0 Å². The summed E-state index contributed by atoms with van der Waals surface area (Å²) in [5, 5.41) is 2.80. The molecule has 0 saturated carbocycles. The highest BCUT2D eigenvalue weighted by molar-refractivity contribution is 5.97. The largest absolute Gasteiger partial charge is 0.497 e. The average Bonchev–Trinajstić information content (AvgIpc) is 2.68. The molecule has 1 atom stereocenters. The minimum absolute atomic E-state index is 0.0481. The maximum absolute atomic E-state index is 12.4. The van der Waals surface area contributed by atoms with Gasteiger partial charge < -0.3 is 30.2 Å². The van der Waals surface area contributed by atoms with Crippen molar-refractivity contribution >= 4 is 11.8 Å². The van der Waals surface area contributed by atoms with Crippen molar-refractivity contribution in [1.82, 2.24) is 10.2 Å². The first kappa shape index (κ1) is 21.0. The summed E-state index contributed by atoms with van der Waals surface area (Å²) in [5.74, 6) is 0.812. The zero-order chi connectivity index (χ0) is 19.8. The second-order valence-corrected chi connectivity index (χ2v) is 6.54. The number of nitrogens with one attached hydrogen (secondary N) is 1. The normalized spacial score (nSPS) is 15.9. The van der Waals surface area contributed by atoms with Gasteiger partial charge in [0, 0.05) is 45.7 Å². The number of rotatable bonds is 8. The van der Waals surface area contributed by atoms with Crippen molar-refractivity contribution in [2.24, 2.45) is 5.73 Å². The smallest absolute Gasteiger partial charge is 0.255 e. The highest BCUT2D eigenvalue weighted by Gasteiger charge is 2.26. The van der Waals surface area contributed by atoms with Gasteiger partial charge in [0.15, 0.2) is 0 Å². The summed E-state index contributed by atoms with van der Waals surface area (Å²) in [5.41, 5.74) is 6.12. The molecule has 1 fully saturated rings. The van der Waals surface area contributed by atoms with Crippen LogP contribution < -0.4 is 20.5 Å². The predicted octanol–water partition coefficient (Wildman–Crippen LogP) is 0.788. The molecule has 0 aromatic heterocycles. The molecule has 1 aromatic carbocycles. The Labute approximate surface area is 159 Å². The number of likely N-dealkylation sites (tertiary alicyclic amines) is 1. The van der Waals surface area contributed by atoms with Crippen molar-refractivity contribution in [3.05, 3.63) is 23.8 Å². The van der Waals surface area contributed by atoms with Gasteiger partial charge in [-0.15, -0.1) is 0 Å². The number of nitrogens with two attached hydrogens (primary N) is 1. The molecule has 1 heterocycles. The van der Waals surface area contributed by atoms with Crippen LogP contribution in [0.1, 0.15) is 30.1 Å². The number of benzene rings is 1. The first-order valence-corrected chi connectivity index (χ1v) is 9.12. The number of carbonyl (C=O) groups is 2. The van der Waals surface area contributed by atoms with Gasteiger partial charge in [-0.3, -0.25) is 9.59 Å². The van der Waals surface area contributed by atoms with E-state index in [0.29, 0.717) is 56.1 Å². The Hall–Kier alpha value is -2.32. The number of carbonyl (C=O) groups excluding carboxylic acids is 2. The van der Waals surface area contributed by atoms with Gasteiger partial charge in [-0.25, -0.2) is 0 Å². The Balaban J connectivity index is 2.04. The van der Waals surface area contributed by atoms with Gasteiger partial charge in [0.2, 0.25) is 5.91 Å². The van der Waals surface area contributed by atoms with Gasteiger partial charge >= 0.3 is 0 Å². The topological polar surface area (TPSA) is 103 Å². The first-order chi connectivity index (χ1) is 13.0. The monoisotopic (exact) mass is 379 g/mol. The van der Waals surface area contributed by atoms with E-state index >= 15 is 0 Å². The van der Waals surface area contributed by atoms with E-state index in [1.54, 1.807) is 44.2 Å². The van der Waals surface area contributed by atoms with E-state index in [1.165, 1.54) is 0 Å². The molecule has 0 unspecified atom stereocenters. The first-order valence-electron chi connectivity index (χ1n) is 9.12. The number of piperidine rings is 1. The second kappa shape index (κ2) is 10.1. The molecule has 0 spiro atoms. The molecule has 8 heteroatoms. The summed E-state index contributed by atoms with van der Waals surface area (Å²) in [4.78, 5) is 26.2. The van der Waals surface area contributed by atoms with E-state index in [9.17, 15) is 9.59 Å². The standard InChI is InChI=1S/C19H29N3O5/c1-13(20)19(24)22-9-6-14(7-10-22)27-17-12-15(26-3)4-5-16(17)18(23)21-8-11-25-2/h4-5,12-14H,6-11,20H2,1-3H3,(H,21,23)/t13-/m1/s1. The lowest BCUT2D eigenvalue weighted by Crippen LogP contribution is -2.47. The van der Waals surface area contributed by atoms with Crippen LogP contribution in [0.25, 0.3) is 0 Å². The lowest BCUT2D eigenvalue weighted by Gasteiger charge is -2.33. The van der Waals surface area contributed by atoms with Gasteiger partial charge in [0.05, 0.1) is 25.3 Å². The van der Waals surface area contributed by atoms with Crippen LogP contribution in [0.2, 0.25) is 0 Å². The zero-order valence-electron chi connectivity index (χ0n) is 16.2. The molecule has 0 bridgehead atoms. The van der Waals surface area contributed by atoms with E-state index in [-0.39, 0.29) is 17.9 Å². The number of hydrogen-bond donors (Lipinski definition) is 2. The fourth-order valence-corrected chi connectivity index (χ4v) is 2.94. The Morgan fingerprint density at radius 3 is 2.59 bits per heavy atom. The van der Waals surface area contributed by atoms with E-state index in [2.05, 4.69) is 5.32 Å². The summed E-state index contributed by atoms with van der Waals surface area (Å²) in [6, 6.07) is 4.63. The molecule has 27 heavy (non-hydrogen) atoms. The second-order valence-electron chi connectivity index (χ2n) is 6.54. The Morgan fingerprint density at radius 2 is 2.00 bits per heavy atom. The van der Waals surface area contributed by atoms with Crippen molar-refractivity contribution in [3.8, 4) is 11.5 Å². The third-order valence-electron chi connectivity index (χ3n) is 4.46. The van der Waals surface area contributed by atoms with Crippen LogP contribution in [0, 0.1) is 0 Å². The summed E-state index contributed by atoms with van der Waals surface area (Å²) in [6.07, 6.45) is 1.28. The van der Waals surface area contributed by atoms with Crippen LogP contribution in [0.5, 0.6) is 11.5 Å². The van der Waals surface area contributed by atoms with Crippen LogP contribution in [-0.2, 0) is 9.53 Å². The van der Waals surface area contributed by atoms with Gasteiger partial charge in [-0.2, -0.15) is 0 Å². The van der Waals surface area contributed by atoms with Gasteiger partial charge in [0.25, 0.3) is 5.91 Å². The zero-order valence-corrected chi connectivity index (χ0v) is 16.2. The van der Waals surface area contributed by atoms with Gasteiger partial charge in [-0.1, -0.05) is 0 Å². The summed E-state index contributed by atoms with van der Waals surface area (Å²) in [7, 11) is 3.14. The molecule has 1 saturated heterocycles. The number of nitrogens with zero attached hydrogens (tertiary/aromatic N) is 1. The minimum Gasteiger partial charge on any atom is -0.497 e. The Kier molecular flexibility index (Phi) is 7.87. The number of hydrogen-bond acceptors (Lipinski definition) is 6. The van der Waals surface area contributed by atoms with Crippen LogP contribution in [0.3, 0.4) is 0 Å². The molecule has 3 N–H and O–H groups in total. The molecule has 1 aromatic rings. The molecular formula is C19H29N3O5. The van der Waals surface area contributed by atoms with Crippen LogP contribution >= 0.6 is 0 Å². The van der Waals surface area contributed by atoms with Crippen molar-refractivity contribution in [2.45, 2.75) is 31.9 Å². The van der Waals surface area contributed by atoms with Gasteiger partial charge in [-0.05, 0) is 19.1 Å². The SMILES string of the molecule is COCCNC(=O)c1ccc(OC)cc1OC1CCN(C(=O)[C@@H](C)N)CC1. The lowest BCUT2D eigenvalue weighted by atomic mass is 10.1. The molecule has 2 rings (SSSR count). The van der Waals surface area contributed by atoms with E-state index in [1.807, 2.05) is 0 Å². The van der Waals surface area contributed by atoms with Gasteiger partial charge in [0.1, 0.15) is 17.6 Å².